The zero-order valence-corrected chi connectivity index (χ0v) is 12.6. The Morgan fingerprint density at radius 1 is 1.38 bits per heavy atom. The second-order valence-corrected chi connectivity index (χ2v) is 5.60. The van der Waals surface area contributed by atoms with Crippen LogP contribution in [0.25, 0.3) is 0 Å². The SMILES string of the molecule is COC(Cn1nnnc1SCc1nc(C2CC2)no1)OC. The molecule has 2 aromatic rings. The Labute approximate surface area is 125 Å². The average Bonchev–Trinajstić information content (AvgIpc) is 3.09. The largest absolute Gasteiger partial charge is 0.354 e. The highest BCUT2D eigenvalue weighted by molar-refractivity contribution is 7.98. The highest BCUT2D eigenvalue weighted by Crippen LogP contribution is 2.38. The highest BCUT2D eigenvalue weighted by atomic mass is 32.2. The lowest BCUT2D eigenvalue weighted by Gasteiger charge is -2.13. The van der Waals surface area contributed by atoms with E-state index in [1.165, 1.54) is 11.8 Å². The van der Waals surface area contributed by atoms with E-state index in [9.17, 15) is 0 Å². The van der Waals surface area contributed by atoms with Crippen LogP contribution in [0.5, 0.6) is 0 Å². The van der Waals surface area contributed by atoms with Crippen molar-refractivity contribution in [2.45, 2.75) is 42.5 Å². The van der Waals surface area contributed by atoms with E-state index < -0.39 is 6.29 Å². The third-order valence-corrected chi connectivity index (χ3v) is 4.04. The van der Waals surface area contributed by atoms with Gasteiger partial charge in [-0.2, -0.15) is 4.98 Å². The topological polar surface area (TPSA) is 101 Å². The first-order valence-corrected chi connectivity index (χ1v) is 7.55. The number of rotatable bonds is 8. The Balaban J connectivity index is 1.58. The monoisotopic (exact) mass is 312 g/mol. The van der Waals surface area contributed by atoms with Crippen LogP contribution in [-0.2, 0) is 21.8 Å². The number of nitrogens with zero attached hydrogens (tertiary/aromatic N) is 6. The molecule has 3 rings (SSSR count). The fraction of sp³-hybridized carbons (Fsp3) is 0.727. The zero-order chi connectivity index (χ0) is 14.7. The van der Waals surface area contributed by atoms with Crippen molar-refractivity contribution < 1.29 is 14.0 Å². The summed E-state index contributed by atoms with van der Waals surface area (Å²) in [6.45, 7) is 0.416. The van der Waals surface area contributed by atoms with Crippen molar-refractivity contribution in [2.75, 3.05) is 14.2 Å². The predicted octanol–water partition coefficient (Wildman–Crippen LogP) is 0.845. The van der Waals surface area contributed by atoms with Crippen LogP contribution in [0, 0.1) is 0 Å². The van der Waals surface area contributed by atoms with Gasteiger partial charge in [-0.05, 0) is 23.3 Å². The van der Waals surface area contributed by atoms with Crippen molar-refractivity contribution >= 4 is 11.8 Å². The predicted molar refractivity (Wildman–Crippen MR) is 71.5 cm³/mol. The molecule has 0 bridgehead atoms. The molecule has 0 spiro atoms. The van der Waals surface area contributed by atoms with Crippen LogP contribution < -0.4 is 0 Å². The van der Waals surface area contributed by atoms with Crippen LogP contribution in [0.1, 0.15) is 30.5 Å². The van der Waals surface area contributed by atoms with Gasteiger partial charge in [0.05, 0.1) is 12.3 Å². The van der Waals surface area contributed by atoms with Gasteiger partial charge >= 0.3 is 0 Å². The van der Waals surface area contributed by atoms with Crippen molar-refractivity contribution in [3.05, 3.63) is 11.7 Å². The van der Waals surface area contributed by atoms with Crippen molar-refractivity contribution in [3.8, 4) is 0 Å². The second kappa shape index (κ2) is 6.50. The summed E-state index contributed by atoms with van der Waals surface area (Å²) in [5, 5.41) is 16.2. The second-order valence-electron chi connectivity index (χ2n) is 4.65. The molecule has 0 N–H and O–H groups in total. The lowest BCUT2D eigenvalue weighted by atomic mass is 10.4. The molecule has 0 unspecified atom stereocenters. The number of hydrogen-bond donors (Lipinski definition) is 0. The molecule has 0 amide bonds. The molecule has 0 aromatic carbocycles. The van der Waals surface area contributed by atoms with Crippen LogP contribution in [0.2, 0.25) is 0 Å². The number of hydrogen-bond acceptors (Lipinski definition) is 9. The number of tetrazole rings is 1. The molecule has 0 saturated heterocycles. The van der Waals surface area contributed by atoms with E-state index in [1.807, 2.05) is 0 Å². The van der Waals surface area contributed by atoms with Gasteiger partial charge in [0, 0.05) is 20.1 Å². The van der Waals surface area contributed by atoms with E-state index in [0.717, 1.165) is 18.7 Å². The number of aromatic nitrogens is 6. The molecule has 2 aromatic heterocycles. The van der Waals surface area contributed by atoms with Gasteiger partial charge in [0.15, 0.2) is 12.1 Å². The maximum absolute atomic E-state index is 5.22. The minimum absolute atomic E-state index is 0.391. The molecular formula is C11H16N6O3S. The Morgan fingerprint density at radius 3 is 2.90 bits per heavy atom. The summed E-state index contributed by atoms with van der Waals surface area (Å²) in [4.78, 5) is 4.37. The van der Waals surface area contributed by atoms with E-state index >= 15 is 0 Å². The molecule has 2 heterocycles. The zero-order valence-electron chi connectivity index (χ0n) is 11.8. The fourth-order valence-electron chi connectivity index (χ4n) is 1.76. The summed E-state index contributed by atoms with van der Waals surface area (Å²) in [6.07, 6.45) is 1.91. The lowest BCUT2D eigenvalue weighted by Crippen LogP contribution is -2.21. The lowest BCUT2D eigenvalue weighted by molar-refractivity contribution is -0.113. The molecular weight excluding hydrogens is 296 g/mol. The van der Waals surface area contributed by atoms with Crippen LogP contribution in [0.15, 0.2) is 9.68 Å². The van der Waals surface area contributed by atoms with Crippen LogP contribution in [0.3, 0.4) is 0 Å². The van der Waals surface area contributed by atoms with Crippen molar-refractivity contribution in [3.63, 3.8) is 0 Å². The third-order valence-electron chi connectivity index (χ3n) is 3.10. The van der Waals surface area contributed by atoms with Crippen LogP contribution >= 0.6 is 11.8 Å². The first-order chi connectivity index (χ1) is 10.3. The summed E-state index contributed by atoms with van der Waals surface area (Å²) in [7, 11) is 3.15. The van der Waals surface area contributed by atoms with Crippen molar-refractivity contribution in [1.29, 1.82) is 0 Å². The number of ether oxygens (including phenoxy) is 2. The van der Waals surface area contributed by atoms with Crippen LogP contribution in [-0.4, -0.2) is 50.9 Å². The fourth-order valence-corrected chi connectivity index (χ4v) is 2.49. The molecule has 0 radical (unpaired) electrons. The van der Waals surface area contributed by atoms with E-state index in [2.05, 4.69) is 25.7 Å². The number of methoxy groups -OCH3 is 2. The minimum Gasteiger partial charge on any atom is -0.354 e. The highest BCUT2D eigenvalue weighted by Gasteiger charge is 2.28. The summed E-state index contributed by atoms with van der Waals surface area (Å²) in [5.41, 5.74) is 0. The van der Waals surface area contributed by atoms with Gasteiger partial charge in [-0.1, -0.05) is 16.9 Å². The summed E-state index contributed by atoms with van der Waals surface area (Å²) in [6, 6.07) is 0. The first-order valence-electron chi connectivity index (χ1n) is 6.57. The van der Waals surface area contributed by atoms with Gasteiger partial charge in [-0.3, -0.25) is 0 Å². The van der Waals surface area contributed by atoms with Crippen LogP contribution in [0.4, 0.5) is 0 Å². The molecule has 21 heavy (non-hydrogen) atoms. The quantitative estimate of drug-likeness (QED) is 0.518. The molecule has 1 aliphatic rings. The molecule has 114 valence electrons. The van der Waals surface area contributed by atoms with E-state index in [4.69, 9.17) is 14.0 Å². The first kappa shape index (κ1) is 14.4. The van der Waals surface area contributed by atoms with Gasteiger partial charge in [-0.15, -0.1) is 5.10 Å². The van der Waals surface area contributed by atoms with E-state index in [-0.39, 0.29) is 0 Å². The normalized spacial score (nSPS) is 15.0. The van der Waals surface area contributed by atoms with Gasteiger partial charge in [-0.25, -0.2) is 4.68 Å². The van der Waals surface area contributed by atoms with Gasteiger partial charge < -0.3 is 14.0 Å². The summed E-state index contributed by atoms with van der Waals surface area (Å²) in [5.74, 6) is 2.42. The molecule has 0 atom stereocenters. The summed E-state index contributed by atoms with van der Waals surface area (Å²) >= 11 is 1.43. The third kappa shape index (κ3) is 3.57. The van der Waals surface area contributed by atoms with Crippen molar-refractivity contribution in [1.82, 2.24) is 30.3 Å². The standard InChI is InChI=1S/C11H16N6O3S/c1-18-9(19-2)5-17-11(13-15-16-17)21-6-8-12-10(14-20-8)7-3-4-7/h7,9H,3-6H2,1-2H3. The molecule has 1 saturated carbocycles. The average molecular weight is 312 g/mol. The maximum atomic E-state index is 5.22. The maximum Gasteiger partial charge on any atom is 0.237 e. The number of thioether (sulfide) groups is 1. The van der Waals surface area contributed by atoms with E-state index in [0.29, 0.717) is 29.3 Å². The van der Waals surface area contributed by atoms with Gasteiger partial charge in [0.2, 0.25) is 11.0 Å². The molecule has 1 fully saturated rings. The Hall–Kier alpha value is -1.52. The Morgan fingerprint density at radius 2 is 2.19 bits per heavy atom. The van der Waals surface area contributed by atoms with Crippen molar-refractivity contribution in [2.24, 2.45) is 0 Å². The Kier molecular flexibility index (Phi) is 4.46. The molecule has 1 aliphatic carbocycles. The van der Waals surface area contributed by atoms with Gasteiger partial charge in [0.25, 0.3) is 0 Å². The van der Waals surface area contributed by atoms with Gasteiger partial charge in [0.1, 0.15) is 0 Å². The Bertz CT molecular complexity index is 580. The smallest absolute Gasteiger partial charge is 0.237 e. The van der Waals surface area contributed by atoms with E-state index in [1.54, 1.807) is 18.9 Å². The molecule has 9 nitrogen and oxygen atoms in total. The minimum atomic E-state index is -0.391. The summed E-state index contributed by atoms with van der Waals surface area (Å²) < 4.78 is 17.1. The molecule has 0 aliphatic heterocycles. The molecule has 10 heteroatoms.